The van der Waals surface area contributed by atoms with Crippen LogP contribution in [0.4, 0.5) is 0 Å². The van der Waals surface area contributed by atoms with Crippen molar-refractivity contribution < 1.29 is 18.6 Å². The minimum Gasteiger partial charge on any atom is -0.461 e. The van der Waals surface area contributed by atoms with Crippen LogP contribution in [0.5, 0.6) is 6.01 Å². The summed E-state index contributed by atoms with van der Waals surface area (Å²) in [6.07, 6.45) is 2.76. The summed E-state index contributed by atoms with van der Waals surface area (Å²) in [5.41, 5.74) is 1.01. The second kappa shape index (κ2) is 4.18. The van der Waals surface area contributed by atoms with Crippen LogP contribution < -0.4 is 4.74 Å². The molecule has 3 rings (SSSR count). The highest BCUT2D eigenvalue weighted by Crippen LogP contribution is 2.22. The number of oxazole rings is 1. The average molecular weight is 251 g/mol. The van der Waals surface area contributed by atoms with E-state index in [-0.39, 0.29) is 12.1 Å². The van der Waals surface area contributed by atoms with Crippen LogP contribution >= 0.6 is 0 Å². The first-order valence-corrected chi connectivity index (χ1v) is 5.63. The molecule has 1 saturated heterocycles. The summed E-state index contributed by atoms with van der Waals surface area (Å²) < 4.78 is 21.5. The van der Waals surface area contributed by atoms with Crippen LogP contribution in [0.2, 0.25) is 0 Å². The average Bonchev–Trinajstić information content (AvgIpc) is 2.92. The first-order chi connectivity index (χ1) is 8.62. The second-order valence-corrected chi connectivity index (χ2v) is 4.46. The molecular formula is C11H13N3O4. The van der Waals surface area contributed by atoms with Gasteiger partial charge in [0.1, 0.15) is 18.2 Å². The fourth-order valence-corrected chi connectivity index (χ4v) is 1.74. The topological polar surface area (TPSA) is 79.5 Å². The van der Waals surface area contributed by atoms with Crippen LogP contribution in [0.15, 0.2) is 17.0 Å². The molecule has 7 nitrogen and oxygen atoms in total. The molecule has 1 aliphatic rings. The lowest BCUT2D eigenvalue weighted by atomic mass is 10.4. The van der Waals surface area contributed by atoms with Gasteiger partial charge in [0.25, 0.3) is 5.71 Å². The predicted octanol–water partition coefficient (Wildman–Crippen LogP) is 1.15. The zero-order valence-electron chi connectivity index (χ0n) is 10.1. The zero-order chi connectivity index (χ0) is 12.6. The van der Waals surface area contributed by atoms with E-state index in [2.05, 4.69) is 15.0 Å². The van der Waals surface area contributed by atoms with E-state index >= 15 is 0 Å². The van der Waals surface area contributed by atoms with Crippen molar-refractivity contribution in [2.45, 2.75) is 25.7 Å². The van der Waals surface area contributed by atoms with Crippen LogP contribution in [0, 0.1) is 0 Å². The van der Waals surface area contributed by atoms with Gasteiger partial charge in [-0.15, -0.1) is 0 Å². The SMILES string of the molecule is CC1(C)OCC(COc2ncc3ncoc3n2)O1. The van der Waals surface area contributed by atoms with Gasteiger partial charge in [-0.3, -0.25) is 0 Å². The van der Waals surface area contributed by atoms with Crippen molar-refractivity contribution in [3.8, 4) is 6.01 Å². The number of hydrogen-bond acceptors (Lipinski definition) is 7. The smallest absolute Gasteiger partial charge is 0.319 e. The molecule has 0 radical (unpaired) electrons. The Morgan fingerprint density at radius 1 is 1.44 bits per heavy atom. The largest absolute Gasteiger partial charge is 0.461 e. The summed E-state index contributed by atoms with van der Waals surface area (Å²) in [5, 5.41) is 0. The van der Waals surface area contributed by atoms with Gasteiger partial charge in [-0.25, -0.2) is 9.97 Å². The third-order valence-electron chi connectivity index (χ3n) is 2.54. The molecule has 0 aromatic carbocycles. The highest BCUT2D eigenvalue weighted by atomic mass is 16.7. The monoisotopic (exact) mass is 251 g/mol. The van der Waals surface area contributed by atoms with Gasteiger partial charge in [0.15, 0.2) is 12.2 Å². The lowest BCUT2D eigenvalue weighted by Gasteiger charge is -2.16. The molecule has 96 valence electrons. The Bertz CT molecular complexity index is 554. The van der Waals surface area contributed by atoms with Crippen LogP contribution in [-0.2, 0) is 9.47 Å². The molecule has 0 aliphatic carbocycles. The number of nitrogens with zero attached hydrogens (tertiary/aromatic N) is 3. The van der Waals surface area contributed by atoms with E-state index in [1.54, 1.807) is 6.20 Å². The molecule has 1 atom stereocenters. The van der Waals surface area contributed by atoms with Crippen LogP contribution in [0.25, 0.3) is 11.2 Å². The van der Waals surface area contributed by atoms with Gasteiger partial charge in [0.2, 0.25) is 0 Å². The van der Waals surface area contributed by atoms with E-state index in [0.29, 0.717) is 24.4 Å². The van der Waals surface area contributed by atoms with Gasteiger partial charge in [-0.2, -0.15) is 4.98 Å². The maximum Gasteiger partial charge on any atom is 0.319 e. The molecule has 1 unspecified atom stereocenters. The molecular weight excluding hydrogens is 238 g/mol. The van der Waals surface area contributed by atoms with Crippen molar-refractivity contribution in [2.24, 2.45) is 0 Å². The third-order valence-corrected chi connectivity index (χ3v) is 2.54. The first kappa shape index (κ1) is 11.4. The fraction of sp³-hybridized carbons (Fsp3) is 0.545. The van der Waals surface area contributed by atoms with Crippen molar-refractivity contribution in [2.75, 3.05) is 13.2 Å². The highest BCUT2D eigenvalue weighted by molar-refractivity contribution is 5.65. The van der Waals surface area contributed by atoms with Gasteiger partial charge in [0.05, 0.1) is 12.8 Å². The molecule has 0 N–H and O–H groups in total. The molecule has 2 aromatic rings. The molecule has 0 spiro atoms. The van der Waals surface area contributed by atoms with E-state index in [0.717, 1.165) is 0 Å². The van der Waals surface area contributed by atoms with Gasteiger partial charge >= 0.3 is 6.01 Å². The highest BCUT2D eigenvalue weighted by Gasteiger charge is 2.33. The summed E-state index contributed by atoms with van der Waals surface area (Å²) in [4.78, 5) is 12.0. The van der Waals surface area contributed by atoms with Crippen molar-refractivity contribution in [3.05, 3.63) is 12.6 Å². The second-order valence-electron chi connectivity index (χ2n) is 4.46. The van der Waals surface area contributed by atoms with E-state index in [1.807, 2.05) is 13.8 Å². The van der Waals surface area contributed by atoms with Crippen molar-refractivity contribution in [1.82, 2.24) is 15.0 Å². The normalized spacial score (nSPS) is 22.4. The fourth-order valence-electron chi connectivity index (χ4n) is 1.74. The number of ether oxygens (including phenoxy) is 3. The lowest BCUT2D eigenvalue weighted by Crippen LogP contribution is -2.25. The standard InChI is InChI=1S/C11H13N3O4/c1-11(2)17-5-7(18-11)4-15-10-12-3-8-9(14-10)16-6-13-8/h3,6-7H,4-5H2,1-2H3. The molecule has 0 bridgehead atoms. The van der Waals surface area contributed by atoms with Gasteiger partial charge in [-0.05, 0) is 13.8 Å². The van der Waals surface area contributed by atoms with Crippen LogP contribution in [0.3, 0.4) is 0 Å². The molecule has 18 heavy (non-hydrogen) atoms. The molecule has 3 heterocycles. The first-order valence-electron chi connectivity index (χ1n) is 5.63. The Morgan fingerprint density at radius 3 is 3.11 bits per heavy atom. The number of aromatic nitrogens is 3. The molecule has 1 aliphatic heterocycles. The van der Waals surface area contributed by atoms with E-state index in [1.165, 1.54) is 6.39 Å². The Labute approximate surface area is 103 Å². The van der Waals surface area contributed by atoms with Crippen molar-refractivity contribution in [3.63, 3.8) is 0 Å². The molecule has 7 heteroatoms. The summed E-state index contributed by atoms with van der Waals surface area (Å²) >= 11 is 0. The maximum atomic E-state index is 5.60. The molecule has 2 aromatic heterocycles. The predicted molar refractivity (Wildman–Crippen MR) is 60.0 cm³/mol. The summed E-state index contributed by atoms with van der Waals surface area (Å²) in [6, 6.07) is 0.243. The number of hydrogen-bond donors (Lipinski definition) is 0. The van der Waals surface area contributed by atoms with Crippen LogP contribution in [-0.4, -0.2) is 40.1 Å². The van der Waals surface area contributed by atoms with E-state index in [9.17, 15) is 0 Å². The summed E-state index contributed by atoms with van der Waals surface area (Å²) in [7, 11) is 0. The van der Waals surface area contributed by atoms with Crippen molar-refractivity contribution in [1.29, 1.82) is 0 Å². The quantitative estimate of drug-likeness (QED) is 0.809. The Balaban J connectivity index is 1.63. The Hall–Kier alpha value is -1.73. The Morgan fingerprint density at radius 2 is 2.33 bits per heavy atom. The molecule has 0 saturated carbocycles. The minimum atomic E-state index is -0.552. The van der Waals surface area contributed by atoms with Crippen LogP contribution in [0.1, 0.15) is 13.8 Å². The van der Waals surface area contributed by atoms with Gasteiger partial charge in [-0.1, -0.05) is 0 Å². The maximum absolute atomic E-state index is 5.60. The molecule has 1 fully saturated rings. The Kier molecular flexibility index (Phi) is 2.64. The number of fused-ring (bicyclic) bond motifs is 1. The van der Waals surface area contributed by atoms with E-state index in [4.69, 9.17) is 18.6 Å². The summed E-state index contributed by atoms with van der Waals surface area (Å²) in [6.45, 7) is 4.56. The van der Waals surface area contributed by atoms with Gasteiger partial charge in [0, 0.05) is 0 Å². The third kappa shape index (κ3) is 2.27. The van der Waals surface area contributed by atoms with Crippen molar-refractivity contribution >= 4 is 11.2 Å². The minimum absolute atomic E-state index is 0.117. The zero-order valence-corrected chi connectivity index (χ0v) is 10.1. The van der Waals surface area contributed by atoms with Gasteiger partial charge < -0.3 is 18.6 Å². The number of rotatable bonds is 3. The molecule has 0 amide bonds. The lowest BCUT2D eigenvalue weighted by molar-refractivity contribution is -0.141. The summed E-state index contributed by atoms with van der Waals surface area (Å²) in [5.74, 6) is -0.552. The van der Waals surface area contributed by atoms with E-state index < -0.39 is 5.79 Å².